The van der Waals surface area contributed by atoms with Gasteiger partial charge in [-0.2, -0.15) is 0 Å². The maximum Gasteiger partial charge on any atom is 0.123 e. The molecule has 0 radical (unpaired) electrons. The summed E-state index contributed by atoms with van der Waals surface area (Å²) in [5, 5.41) is 3.35. The molecule has 2 rings (SSSR count). The number of hydrogen-bond acceptors (Lipinski definition) is 2. The van der Waals surface area contributed by atoms with Crippen molar-refractivity contribution in [2.24, 2.45) is 0 Å². The number of nitrogens with one attached hydrogen (secondary N) is 1. The predicted molar refractivity (Wildman–Crippen MR) is 71.1 cm³/mol. The maximum absolute atomic E-state index is 12.9. The topological polar surface area (TPSA) is 15.3 Å². The van der Waals surface area contributed by atoms with E-state index in [-0.39, 0.29) is 18.2 Å². The van der Waals surface area contributed by atoms with Crippen LogP contribution >= 0.6 is 12.4 Å². The van der Waals surface area contributed by atoms with Gasteiger partial charge in [0.25, 0.3) is 0 Å². The van der Waals surface area contributed by atoms with Gasteiger partial charge in [-0.25, -0.2) is 4.39 Å². The van der Waals surface area contributed by atoms with Crippen LogP contribution in [-0.2, 0) is 0 Å². The van der Waals surface area contributed by atoms with E-state index < -0.39 is 0 Å². The summed E-state index contributed by atoms with van der Waals surface area (Å²) in [6.45, 7) is 6.46. The molecule has 1 fully saturated rings. The summed E-state index contributed by atoms with van der Waals surface area (Å²) in [4.78, 5) is 2.48. The number of benzene rings is 1. The first-order valence-corrected chi connectivity index (χ1v) is 6.01. The van der Waals surface area contributed by atoms with Crippen LogP contribution in [0.4, 0.5) is 4.39 Å². The van der Waals surface area contributed by atoms with Crippen LogP contribution in [0.15, 0.2) is 24.3 Å². The molecule has 2 nitrogen and oxygen atoms in total. The molecule has 1 aromatic carbocycles. The maximum atomic E-state index is 12.9. The number of hydrogen-bond donors (Lipinski definition) is 1. The second kappa shape index (κ2) is 6.94. The average molecular weight is 259 g/mol. The molecule has 0 aromatic heterocycles. The molecular formula is C13H20ClFN2. The summed E-state index contributed by atoms with van der Waals surface area (Å²) >= 11 is 0. The molecule has 1 aliphatic heterocycles. The van der Waals surface area contributed by atoms with Gasteiger partial charge in [0, 0.05) is 32.2 Å². The summed E-state index contributed by atoms with van der Waals surface area (Å²) in [6, 6.07) is 7.36. The molecule has 0 aliphatic carbocycles. The lowest BCUT2D eigenvalue weighted by Crippen LogP contribution is -2.45. The van der Waals surface area contributed by atoms with Crippen LogP contribution < -0.4 is 5.32 Å². The van der Waals surface area contributed by atoms with Crippen LogP contribution in [0.25, 0.3) is 0 Å². The molecule has 0 amide bonds. The van der Waals surface area contributed by atoms with Crippen LogP contribution in [0.3, 0.4) is 0 Å². The fraction of sp³-hybridized carbons (Fsp3) is 0.538. The van der Waals surface area contributed by atoms with E-state index >= 15 is 0 Å². The molecule has 1 aromatic rings. The third kappa shape index (κ3) is 3.66. The van der Waals surface area contributed by atoms with Crippen molar-refractivity contribution >= 4 is 12.4 Å². The van der Waals surface area contributed by atoms with Gasteiger partial charge in [0.15, 0.2) is 0 Å². The highest BCUT2D eigenvalue weighted by molar-refractivity contribution is 5.85. The third-order valence-electron chi connectivity index (χ3n) is 3.23. The van der Waals surface area contributed by atoms with Crippen LogP contribution in [-0.4, -0.2) is 31.1 Å². The molecule has 0 spiro atoms. The molecule has 0 saturated carbocycles. The Kier molecular flexibility index (Phi) is 5.89. The van der Waals surface area contributed by atoms with Crippen molar-refractivity contribution in [2.45, 2.75) is 19.4 Å². The number of halogens is 2. The Balaban J connectivity index is 0.00000144. The number of piperazine rings is 1. The Morgan fingerprint density at radius 3 is 2.35 bits per heavy atom. The van der Waals surface area contributed by atoms with Crippen molar-refractivity contribution in [1.82, 2.24) is 10.2 Å². The monoisotopic (exact) mass is 258 g/mol. The van der Waals surface area contributed by atoms with Gasteiger partial charge in [0.05, 0.1) is 0 Å². The van der Waals surface area contributed by atoms with Crippen molar-refractivity contribution < 1.29 is 4.39 Å². The Labute approximate surface area is 109 Å². The van der Waals surface area contributed by atoms with Crippen LogP contribution in [0.5, 0.6) is 0 Å². The minimum absolute atomic E-state index is 0. The molecule has 0 unspecified atom stereocenters. The summed E-state index contributed by atoms with van der Waals surface area (Å²) in [5.41, 5.74) is 1.23. The van der Waals surface area contributed by atoms with Gasteiger partial charge in [-0.15, -0.1) is 12.4 Å². The molecule has 96 valence electrons. The first-order chi connectivity index (χ1) is 7.81. The fourth-order valence-corrected chi connectivity index (χ4v) is 2.38. The first-order valence-electron chi connectivity index (χ1n) is 6.01. The second-order valence-corrected chi connectivity index (χ2v) is 4.26. The van der Waals surface area contributed by atoms with Gasteiger partial charge in [0.1, 0.15) is 5.82 Å². The van der Waals surface area contributed by atoms with E-state index in [4.69, 9.17) is 0 Å². The SMILES string of the molecule is CC[C@@H](c1ccc(F)cc1)N1CCNCC1.Cl. The van der Waals surface area contributed by atoms with Crippen LogP contribution in [0, 0.1) is 5.82 Å². The zero-order valence-corrected chi connectivity index (χ0v) is 11.0. The molecule has 1 heterocycles. The molecular weight excluding hydrogens is 239 g/mol. The summed E-state index contributed by atoms with van der Waals surface area (Å²) in [7, 11) is 0. The fourth-order valence-electron chi connectivity index (χ4n) is 2.38. The normalized spacial score (nSPS) is 18.5. The quantitative estimate of drug-likeness (QED) is 0.897. The number of nitrogens with zero attached hydrogens (tertiary/aromatic N) is 1. The predicted octanol–water partition coefficient (Wildman–Crippen LogP) is 2.60. The summed E-state index contributed by atoms with van der Waals surface area (Å²) in [6.07, 6.45) is 1.08. The molecule has 0 bridgehead atoms. The highest BCUT2D eigenvalue weighted by atomic mass is 35.5. The Hall–Kier alpha value is -0.640. The molecule has 1 atom stereocenters. The van der Waals surface area contributed by atoms with Crippen molar-refractivity contribution in [2.75, 3.05) is 26.2 Å². The van der Waals surface area contributed by atoms with E-state index in [2.05, 4.69) is 17.1 Å². The largest absolute Gasteiger partial charge is 0.314 e. The van der Waals surface area contributed by atoms with Gasteiger partial charge in [-0.3, -0.25) is 4.90 Å². The van der Waals surface area contributed by atoms with Gasteiger partial charge >= 0.3 is 0 Å². The van der Waals surface area contributed by atoms with Gasteiger partial charge in [0.2, 0.25) is 0 Å². The first kappa shape index (κ1) is 14.4. The van der Waals surface area contributed by atoms with Gasteiger partial charge in [-0.05, 0) is 24.1 Å². The summed E-state index contributed by atoms with van der Waals surface area (Å²) < 4.78 is 12.9. The van der Waals surface area contributed by atoms with Crippen molar-refractivity contribution in [3.8, 4) is 0 Å². The van der Waals surface area contributed by atoms with E-state index in [0.29, 0.717) is 6.04 Å². The lowest BCUT2D eigenvalue weighted by Gasteiger charge is -2.34. The minimum Gasteiger partial charge on any atom is -0.314 e. The minimum atomic E-state index is -0.154. The molecule has 1 aliphatic rings. The van der Waals surface area contributed by atoms with Crippen molar-refractivity contribution in [3.63, 3.8) is 0 Å². The zero-order valence-electron chi connectivity index (χ0n) is 10.2. The second-order valence-electron chi connectivity index (χ2n) is 4.26. The third-order valence-corrected chi connectivity index (χ3v) is 3.23. The van der Waals surface area contributed by atoms with E-state index in [0.717, 1.165) is 32.6 Å². The molecule has 17 heavy (non-hydrogen) atoms. The molecule has 1 saturated heterocycles. The van der Waals surface area contributed by atoms with E-state index in [9.17, 15) is 4.39 Å². The zero-order chi connectivity index (χ0) is 11.4. The van der Waals surface area contributed by atoms with Crippen LogP contribution in [0.1, 0.15) is 24.9 Å². The Morgan fingerprint density at radius 2 is 1.82 bits per heavy atom. The Bertz CT molecular complexity index is 323. The van der Waals surface area contributed by atoms with Crippen LogP contribution in [0.2, 0.25) is 0 Å². The summed E-state index contributed by atoms with van der Waals surface area (Å²) in [5.74, 6) is -0.154. The van der Waals surface area contributed by atoms with E-state index in [1.165, 1.54) is 5.56 Å². The lowest BCUT2D eigenvalue weighted by molar-refractivity contribution is 0.169. The smallest absolute Gasteiger partial charge is 0.123 e. The Morgan fingerprint density at radius 1 is 1.24 bits per heavy atom. The highest BCUT2D eigenvalue weighted by Crippen LogP contribution is 2.24. The highest BCUT2D eigenvalue weighted by Gasteiger charge is 2.20. The van der Waals surface area contributed by atoms with Crippen molar-refractivity contribution in [3.05, 3.63) is 35.6 Å². The van der Waals surface area contributed by atoms with Gasteiger partial charge in [-0.1, -0.05) is 19.1 Å². The average Bonchev–Trinajstić information content (AvgIpc) is 2.34. The van der Waals surface area contributed by atoms with E-state index in [1.54, 1.807) is 12.1 Å². The lowest BCUT2D eigenvalue weighted by atomic mass is 10.0. The van der Waals surface area contributed by atoms with E-state index in [1.807, 2.05) is 12.1 Å². The number of rotatable bonds is 3. The van der Waals surface area contributed by atoms with Gasteiger partial charge < -0.3 is 5.32 Å². The standard InChI is InChI=1S/C13H19FN2.ClH/c1-2-13(16-9-7-15-8-10-16)11-3-5-12(14)6-4-11;/h3-6,13,15H,2,7-10H2,1H3;1H/t13-;/m0./s1. The molecule has 1 N–H and O–H groups in total. The molecule has 4 heteroatoms. The van der Waals surface area contributed by atoms with Crippen molar-refractivity contribution in [1.29, 1.82) is 0 Å².